The zero-order chi connectivity index (χ0) is 47.4. The molecule has 3 aliphatic carbocycles. The van der Waals surface area contributed by atoms with E-state index in [-0.39, 0.29) is 17.3 Å². The van der Waals surface area contributed by atoms with Crippen molar-refractivity contribution in [2.45, 2.75) is 38.0 Å². The predicted molar refractivity (Wildman–Crippen MR) is 287 cm³/mol. The van der Waals surface area contributed by atoms with Crippen molar-refractivity contribution in [2.75, 3.05) is 0 Å². The summed E-state index contributed by atoms with van der Waals surface area (Å²) in [5.41, 5.74) is 20.5. The lowest BCUT2D eigenvalue weighted by molar-refractivity contribution is -0.571. The Bertz CT molecular complexity index is 4050. The van der Waals surface area contributed by atoms with Crippen LogP contribution in [0, 0.1) is 6.33 Å². The monoisotopic (exact) mass is 912 g/mol. The molecule has 71 heavy (non-hydrogen) atoms. The number of fused-ring (bicyclic) bond motifs is 4. The van der Waals surface area contributed by atoms with Gasteiger partial charge in [-0.1, -0.05) is 185 Å². The maximum Gasteiger partial charge on any atom is 0.269 e. The van der Waals surface area contributed by atoms with E-state index in [1.165, 1.54) is 49.9 Å². The summed E-state index contributed by atoms with van der Waals surface area (Å²) in [6.07, 6.45) is 5.82. The summed E-state index contributed by atoms with van der Waals surface area (Å²) >= 11 is 0. The Morgan fingerprint density at radius 3 is 1.86 bits per heavy atom. The molecular weight excluding hydrogens is 865 g/mol. The van der Waals surface area contributed by atoms with E-state index in [1.54, 1.807) is 0 Å². The average molecular weight is 913 g/mol. The minimum Gasteiger partial charge on any atom is -0.458 e. The molecule has 0 atom stereocenters. The average Bonchev–Trinajstić information content (AvgIpc) is 3.96. The number of rotatable bonds is 7. The lowest BCUT2D eigenvalue weighted by atomic mass is 9.61. The van der Waals surface area contributed by atoms with Crippen molar-refractivity contribution in [1.29, 1.82) is 0 Å². The first-order chi connectivity index (χ1) is 34.9. The highest BCUT2D eigenvalue weighted by Crippen LogP contribution is 2.56. The van der Waals surface area contributed by atoms with Gasteiger partial charge in [0, 0.05) is 34.9 Å². The van der Waals surface area contributed by atoms with E-state index in [0.29, 0.717) is 0 Å². The molecule has 0 unspecified atom stereocenters. The van der Waals surface area contributed by atoms with Gasteiger partial charge in [-0.2, -0.15) is 0 Å². The Hall–Kier alpha value is -8.80. The second kappa shape index (κ2) is 15.9. The summed E-state index contributed by atoms with van der Waals surface area (Å²) < 4.78 is 13.5. The van der Waals surface area contributed by atoms with E-state index in [1.807, 2.05) is 12.3 Å². The molecule has 0 saturated heterocycles. The molecule has 3 aromatic heterocycles. The topological polar surface area (TPSA) is 35.9 Å². The normalized spacial score (nSPS) is 14.7. The number of aromatic nitrogens is 4. The van der Waals surface area contributed by atoms with Crippen LogP contribution in [-0.4, -0.2) is 14.1 Å². The van der Waals surface area contributed by atoms with Crippen molar-refractivity contribution in [3.63, 3.8) is 0 Å². The largest absolute Gasteiger partial charge is 0.458 e. The molecule has 15 rings (SSSR count). The second-order valence-electron chi connectivity index (χ2n) is 20.1. The molecule has 3 heterocycles. The molecule has 5 heteroatoms. The van der Waals surface area contributed by atoms with Crippen LogP contribution >= 0.6 is 0 Å². The van der Waals surface area contributed by atoms with Gasteiger partial charge >= 0.3 is 0 Å². The molecule has 0 fully saturated rings. The number of benzene rings is 9. The van der Waals surface area contributed by atoms with Crippen molar-refractivity contribution >= 4 is 32.8 Å². The zero-order valence-corrected chi connectivity index (χ0v) is 39.7. The number of para-hydroxylation sites is 4. The molecule has 0 spiro atoms. The highest BCUT2D eigenvalue weighted by atomic mass is 16.5. The Morgan fingerprint density at radius 2 is 1.10 bits per heavy atom. The van der Waals surface area contributed by atoms with Gasteiger partial charge in [0.2, 0.25) is 0 Å². The van der Waals surface area contributed by atoms with Gasteiger partial charge in [0.05, 0.1) is 33.4 Å². The fraction of sp³-hybridized carbons (Fsp3) is 0.0909. The Kier molecular flexibility index (Phi) is 9.21. The third kappa shape index (κ3) is 6.53. The van der Waals surface area contributed by atoms with Crippen LogP contribution in [-0.2, 0) is 5.41 Å². The first-order valence-corrected chi connectivity index (χ1v) is 24.6. The molecule has 0 aliphatic heterocycles. The van der Waals surface area contributed by atoms with Crippen LogP contribution in [0.2, 0.25) is 0 Å². The van der Waals surface area contributed by atoms with Crippen molar-refractivity contribution in [3.05, 3.63) is 270 Å². The van der Waals surface area contributed by atoms with Crippen molar-refractivity contribution in [1.82, 2.24) is 14.1 Å². The predicted octanol–water partition coefficient (Wildman–Crippen LogP) is 15.6. The fourth-order valence-electron chi connectivity index (χ4n) is 11.7. The summed E-state index contributed by atoms with van der Waals surface area (Å²) in [5.74, 6) is 2.75. The SMILES string of the molecule is CC(C)(C)c1ccnc(-n2c3ccccc3c3ccc(Oc4cccc(-n5[c-][n+](-c6c(-c7ccccc7)cccc6-c6ccc7c(c6)C6c8ccccc8C7c7ccccc76)c6ccccc65)c4)cc32)c1. The first kappa shape index (κ1) is 41.2. The van der Waals surface area contributed by atoms with Gasteiger partial charge in [-0.3, -0.25) is 13.7 Å². The molecule has 0 amide bonds. The van der Waals surface area contributed by atoms with Crippen LogP contribution in [0.1, 0.15) is 71.6 Å². The summed E-state index contributed by atoms with van der Waals surface area (Å²) in [7, 11) is 0. The molecule has 2 bridgehead atoms. The Morgan fingerprint density at radius 1 is 0.479 bits per heavy atom. The van der Waals surface area contributed by atoms with Crippen LogP contribution in [0.4, 0.5) is 0 Å². The van der Waals surface area contributed by atoms with Crippen LogP contribution in [0.5, 0.6) is 11.5 Å². The van der Waals surface area contributed by atoms with Gasteiger partial charge in [0.1, 0.15) is 17.3 Å². The van der Waals surface area contributed by atoms with Crippen molar-refractivity contribution in [2.24, 2.45) is 0 Å². The standard InChI is InChI=1S/C66H48N4O/c1-66(2,3)44-35-36-67-62(38-44)70-58-28-12-11-21-50(58)51-34-32-47(40-61(51)70)71-46-20-15-19-45(39-46)68-41-69(60-30-14-13-29-59(60)68)65-48(42-17-5-4-6-18-42)26-16-27-49(65)43-31-33-56-57(37-43)64-54-24-9-7-22-52(54)63(56)53-23-8-10-25-55(53)64/h4-40,63-64H,1-3H3. The second-order valence-corrected chi connectivity index (χ2v) is 20.1. The van der Waals surface area contributed by atoms with E-state index < -0.39 is 0 Å². The maximum absolute atomic E-state index is 6.81. The van der Waals surface area contributed by atoms with Gasteiger partial charge < -0.3 is 4.74 Å². The fourth-order valence-corrected chi connectivity index (χ4v) is 11.7. The van der Waals surface area contributed by atoms with E-state index in [2.05, 4.69) is 253 Å². The van der Waals surface area contributed by atoms with Crippen LogP contribution < -0.4 is 9.30 Å². The lowest BCUT2D eigenvalue weighted by Crippen LogP contribution is -2.31. The van der Waals surface area contributed by atoms with E-state index in [0.717, 1.165) is 72.8 Å². The molecule has 12 aromatic rings. The number of hydrogen-bond acceptors (Lipinski definition) is 2. The number of nitrogens with zero attached hydrogens (tertiary/aromatic N) is 4. The summed E-state index contributed by atoms with van der Waals surface area (Å²) in [6.45, 7) is 6.72. The quantitative estimate of drug-likeness (QED) is 0.118. The van der Waals surface area contributed by atoms with E-state index in [9.17, 15) is 0 Å². The first-order valence-electron chi connectivity index (χ1n) is 24.6. The van der Waals surface area contributed by atoms with Crippen LogP contribution in [0.25, 0.3) is 72.3 Å². The van der Waals surface area contributed by atoms with Gasteiger partial charge in [-0.15, -0.1) is 0 Å². The smallest absolute Gasteiger partial charge is 0.269 e. The van der Waals surface area contributed by atoms with Crippen molar-refractivity contribution < 1.29 is 9.30 Å². The Balaban J connectivity index is 0.889. The zero-order valence-electron chi connectivity index (χ0n) is 39.7. The van der Waals surface area contributed by atoms with E-state index in [4.69, 9.17) is 9.72 Å². The van der Waals surface area contributed by atoms with Gasteiger partial charge in [0.15, 0.2) is 0 Å². The molecule has 338 valence electrons. The highest BCUT2D eigenvalue weighted by molar-refractivity contribution is 6.09. The minimum atomic E-state index is -0.0195. The maximum atomic E-state index is 6.81. The van der Waals surface area contributed by atoms with Crippen molar-refractivity contribution in [3.8, 4) is 50.9 Å². The molecular formula is C66H48N4O. The van der Waals surface area contributed by atoms with Crippen LogP contribution in [0.15, 0.2) is 225 Å². The number of ether oxygens (including phenoxy) is 1. The number of imidazole rings is 1. The summed E-state index contributed by atoms with van der Waals surface area (Å²) in [5, 5.41) is 2.32. The molecule has 5 nitrogen and oxygen atoms in total. The molecule has 3 aliphatic rings. The van der Waals surface area contributed by atoms with E-state index >= 15 is 0 Å². The molecule has 9 aromatic carbocycles. The Labute approximate surface area is 413 Å². The van der Waals surface area contributed by atoms with Gasteiger partial charge in [-0.05, 0) is 115 Å². The number of hydrogen-bond donors (Lipinski definition) is 0. The minimum absolute atomic E-state index is 0.0195. The number of pyridine rings is 1. The van der Waals surface area contributed by atoms with Gasteiger partial charge in [-0.25, -0.2) is 4.98 Å². The third-order valence-corrected chi connectivity index (χ3v) is 15.0. The third-order valence-electron chi connectivity index (χ3n) is 15.0. The van der Waals surface area contributed by atoms with Gasteiger partial charge in [0.25, 0.3) is 6.33 Å². The summed E-state index contributed by atoms with van der Waals surface area (Å²) in [4.78, 5) is 4.90. The molecule has 0 radical (unpaired) electrons. The molecule has 0 saturated carbocycles. The lowest BCUT2D eigenvalue weighted by Gasteiger charge is -2.42. The van der Waals surface area contributed by atoms with Crippen LogP contribution in [0.3, 0.4) is 0 Å². The summed E-state index contributed by atoms with van der Waals surface area (Å²) in [6, 6.07) is 79.0. The highest BCUT2D eigenvalue weighted by Gasteiger charge is 2.41. The molecule has 0 N–H and O–H groups in total.